The first-order chi connectivity index (χ1) is 12.5. The van der Waals surface area contributed by atoms with Gasteiger partial charge in [-0.3, -0.25) is 4.79 Å². The van der Waals surface area contributed by atoms with Gasteiger partial charge >= 0.3 is 0 Å². The molecule has 3 rings (SSSR count). The molecule has 0 bridgehead atoms. The van der Waals surface area contributed by atoms with E-state index in [2.05, 4.69) is 20.7 Å². The van der Waals surface area contributed by atoms with Crippen molar-refractivity contribution in [2.45, 2.75) is 20.8 Å². The number of benzene rings is 1. The molecule has 1 amide bonds. The molecular weight excluding hydrogens is 328 g/mol. The van der Waals surface area contributed by atoms with Crippen LogP contribution < -0.4 is 10.6 Å². The molecule has 3 aromatic rings. The number of hydrogen-bond acceptors (Lipinski definition) is 5. The predicted molar refractivity (Wildman–Crippen MR) is 101 cm³/mol. The molecule has 0 unspecified atom stereocenters. The standard InChI is InChI=1S/C19H20N6O/c1-12-6-4-7-13(2)17(12)23-16(10-14(3)20)24-19(26)15-11-22-25-9-5-8-21-18(15)25/h4-11,20,23H,1-3H3,(H,24,26)/b16-10+,20-14?. The van der Waals surface area contributed by atoms with Crippen molar-refractivity contribution in [2.24, 2.45) is 0 Å². The van der Waals surface area contributed by atoms with E-state index in [1.54, 1.807) is 36.0 Å². The monoisotopic (exact) mass is 348 g/mol. The fraction of sp³-hybridized carbons (Fsp3) is 0.158. The summed E-state index contributed by atoms with van der Waals surface area (Å²) in [6.07, 6.45) is 6.39. The van der Waals surface area contributed by atoms with E-state index in [1.165, 1.54) is 6.20 Å². The van der Waals surface area contributed by atoms with Crippen LogP contribution in [-0.4, -0.2) is 26.2 Å². The second-order valence-corrected chi connectivity index (χ2v) is 6.03. The molecule has 0 saturated heterocycles. The minimum Gasteiger partial charge on any atom is -0.341 e. The highest BCUT2D eigenvalue weighted by Gasteiger charge is 2.15. The Balaban J connectivity index is 1.90. The minimum atomic E-state index is -0.343. The van der Waals surface area contributed by atoms with E-state index in [1.807, 2.05) is 32.0 Å². The molecule has 132 valence electrons. The molecule has 0 saturated carbocycles. The largest absolute Gasteiger partial charge is 0.341 e. The Morgan fingerprint density at radius 3 is 2.65 bits per heavy atom. The number of allylic oxidation sites excluding steroid dienone is 1. The molecule has 2 heterocycles. The number of nitrogens with zero attached hydrogens (tertiary/aromatic N) is 3. The number of amides is 1. The number of rotatable bonds is 5. The van der Waals surface area contributed by atoms with Crippen LogP contribution in [0, 0.1) is 19.3 Å². The molecule has 1 aromatic carbocycles. The molecule has 2 aromatic heterocycles. The van der Waals surface area contributed by atoms with Crippen molar-refractivity contribution in [1.82, 2.24) is 19.9 Å². The van der Waals surface area contributed by atoms with Crippen molar-refractivity contribution in [2.75, 3.05) is 5.32 Å². The van der Waals surface area contributed by atoms with E-state index in [0.29, 0.717) is 22.7 Å². The van der Waals surface area contributed by atoms with Crippen LogP contribution in [0.5, 0.6) is 0 Å². The van der Waals surface area contributed by atoms with Gasteiger partial charge in [0.1, 0.15) is 11.4 Å². The third-order valence-electron chi connectivity index (χ3n) is 3.87. The third-order valence-corrected chi connectivity index (χ3v) is 3.87. The summed E-state index contributed by atoms with van der Waals surface area (Å²) in [5.41, 5.74) is 4.15. The van der Waals surface area contributed by atoms with Crippen molar-refractivity contribution in [1.29, 1.82) is 5.41 Å². The average molecular weight is 348 g/mol. The minimum absolute atomic E-state index is 0.317. The molecule has 0 aliphatic carbocycles. The molecule has 7 heteroatoms. The fourth-order valence-electron chi connectivity index (χ4n) is 2.64. The van der Waals surface area contributed by atoms with Gasteiger partial charge < -0.3 is 16.0 Å². The Morgan fingerprint density at radius 2 is 1.96 bits per heavy atom. The zero-order chi connectivity index (χ0) is 18.7. The summed E-state index contributed by atoms with van der Waals surface area (Å²) in [6, 6.07) is 7.70. The lowest BCUT2D eigenvalue weighted by Gasteiger charge is -2.16. The van der Waals surface area contributed by atoms with E-state index in [4.69, 9.17) is 5.41 Å². The highest BCUT2D eigenvalue weighted by Crippen LogP contribution is 2.21. The topological polar surface area (TPSA) is 95.2 Å². The number of nitrogens with one attached hydrogen (secondary N) is 3. The highest BCUT2D eigenvalue weighted by molar-refractivity contribution is 6.01. The van der Waals surface area contributed by atoms with Crippen LogP contribution in [-0.2, 0) is 0 Å². The Kier molecular flexibility index (Phi) is 4.79. The summed E-state index contributed by atoms with van der Waals surface area (Å²) in [7, 11) is 0. The zero-order valence-corrected chi connectivity index (χ0v) is 14.9. The summed E-state index contributed by atoms with van der Waals surface area (Å²) in [4.78, 5) is 16.9. The normalized spacial score (nSPS) is 11.4. The van der Waals surface area contributed by atoms with Crippen LogP contribution in [0.15, 0.2) is 54.8 Å². The van der Waals surface area contributed by atoms with Crippen LogP contribution in [0.3, 0.4) is 0 Å². The van der Waals surface area contributed by atoms with E-state index < -0.39 is 0 Å². The molecule has 26 heavy (non-hydrogen) atoms. The van der Waals surface area contributed by atoms with Crippen molar-refractivity contribution >= 4 is 23.0 Å². The van der Waals surface area contributed by atoms with Gasteiger partial charge in [0.15, 0.2) is 5.65 Å². The van der Waals surface area contributed by atoms with Crippen LogP contribution in [0.1, 0.15) is 28.4 Å². The summed E-state index contributed by atoms with van der Waals surface area (Å²) < 4.78 is 1.54. The second kappa shape index (κ2) is 7.18. The Morgan fingerprint density at radius 1 is 1.23 bits per heavy atom. The Hall–Kier alpha value is -3.48. The molecule has 0 spiro atoms. The SMILES string of the molecule is CC(=N)/C=C(/NC(=O)c1cnn2cccnc12)Nc1c(C)cccc1C. The van der Waals surface area contributed by atoms with E-state index in [9.17, 15) is 4.79 Å². The first kappa shape index (κ1) is 17.3. The predicted octanol–water partition coefficient (Wildman–Crippen LogP) is 3.07. The first-order valence-electron chi connectivity index (χ1n) is 8.15. The number of aromatic nitrogens is 3. The van der Waals surface area contributed by atoms with Gasteiger partial charge in [0.25, 0.3) is 5.91 Å². The van der Waals surface area contributed by atoms with E-state index >= 15 is 0 Å². The summed E-state index contributed by atoms with van der Waals surface area (Å²) >= 11 is 0. The number of hydrogen-bond donors (Lipinski definition) is 3. The lowest BCUT2D eigenvalue weighted by molar-refractivity contribution is 0.0968. The van der Waals surface area contributed by atoms with Crippen LogP contribution in [0.4, 0.5) is 5.69 Å². The maximum atomic E-state index is 12.7. The summed E-state index contributed by atoms with van der Waals surface area (Å²) in [6.45, 7) is 5.62. The van der Waals surface area contributed by atoms with Gasteiger partial charge in [-0.1, -0.05) is 18.2 Å². The molecule has 0 aliphatic heterocycles. The quantitative estimate of drug-likeness (QED) is 0.618. The van der Waals surface area contributed by atoms with Gasteiger partial charge in [0.05, 0.1) is 6.20 Å². The molecule has 0 fully saturated rings. The van der Waals surface area contributed by atoms with E-state index in [0.717, 1.165) is 16.8 Å². The van der Waals surface area contributed by atoms with Crippen LogP contribution >= 0.6 is 0 Å². The van der Waals surface area contributed by atoms with Gasteiger partial charge in [-0.25, -0.2) is 9.50 Å². The lowest BCUT2D eigenvalue weighted by Crippen LogP contribution is -2.28. The van der Waals surface area contributed by atoms with Crippen molar-refractivity contribution in [3.8, 4) is 0 Å². The number of fused-ring (bicyclic) bond motifs is 1. The maximum absolute atomic E-state index is 12.7. The summed E-state index contributed by atoms with van der Waals surface area (Å²) in [5.74, 6) is 0.0834. The number of para-hydroxylation sites is 1. The maximum Gasteiger partial charge on any atom is 0.262 e. The fourth-order valence-corrected chi connectivity index (χ4v) is 2.64. The molecule has 3 N–H and O–H groups in total. The average Bonchev–Trinajstić information content (AvgIpc) is 3.02. The van der Waals surface area contributed by atoms with Gasteiger partial charge in [-0.05, 0) is 44.0 Å². The Labute approximate surface area is 151 Å². The van der Waals surface area contributed by atoms with Crippen molar-refractivity contribution in [3.05, 3.63) is 71.4 Å². The number of carbonyl (C=O) groups excluding carboxylic acids is 1. The number of anilines is 1. The first-order valence-corrected chi connectivity index (χ1v) is 8.15. The summed E-state index contributed by atoms with van der Waals surface area (Å²) in [5, 5.41) is 17.9. The van der Waals surface area contributed by atoms with Gasteiger partial charge in [-0.15, -0.1) is 0 Å². The van der Waals surface area contributed by atoms with Crippen molar-refractivity contribution in [3.63, 3.8) is 0 Å². The highest BCUT2D eigenvalue weighted by atomic mass is 16.1. The van der Waals surface area contributed by atoms with Gasteiger partial charge in [0, 0.05) is 23.8 Å². The smallest absolute Gasteiger partial charge is 0.262 e. The van der Waals surface area contributed by atoms with Crippen LogP contribution in [0.25, 0.3) is 5.65 Å². The van der Waals surface area contributed by atoms with Gasteiger partial charge in [-0.2, -0.15) is 5.10 Å². The molecular formula is C19H20N6O. The second-order valence-electron chi connectivity index (χ2n) is 6.03. The third kappa shape index (κ3) is 3.61. The molecule has 0 aliphatic rings. The van der Waals surface area contributed by atoms with E-state index in [-0.39, 0.29) is 5.91 Å². The van der Waals surface area contributed by atoms with Crippen LogP contribution in [0.2, 0.25) is 0 Å². The number of carbonyl (C=O) groups is 1. The number of aryl methyl sites for hydroxylation is 2. The van der Waals surface area contributed by atoms with Gasteiger partial charge in [0.2, 0.25) is 0 Å². The van der Waals surface area contributed by atoms with Crippen molar-refractivity contribution < 1.29 is 4.79 Å². The Bertz CT molecular complexity index is 998. The lowest BCUT2D eigenvalue weighted by atomic mass is 10.1. The molecule has 0 radical (unpaired) electrons. The molecule has 0 atom stereocenters. The zero-order valence-electron chi connectivity index (χ0n) is 14.9. The molecule has 7 nitrogen and oxygen atoms in total.